The van der Waals surface area contributed by atoms with E-state index in [-0.39, 0.29) is 29.1 Å². The number of aromatic amines is 1. The summed E-state index contributed by atoms with van der Waals surface area (Å²) in [6.07, 6.45) is 5.59. The maximum absolute atomic E-state index is 12.5. The minimum absolute atomic E-state index is 0.0714. The Morgan fingerprint density at radius 2 is 2.04 bits per heavy atom. The highest BCUT2D eigenvalue weighted by Crippen LogP contribution is 2.40. The molecule has 8 nitrogen and oxygen atoms in total. The van der Waals surface area contributed by atoms with Gasteiger partial charge in [-0.3, -0.25) is 19.1 Å². The second-order valence-electron chi connectivity index (χ2n) is 7.08. The van der Waals surface area contributed by atoms with Gasteiger partial charge in [-0.15, -0.1) is 0 Å². The van der Waals surface area contributed by atoms with Crippen molar-refractivity contribution < 1.29 is 9.53 Å². The van der Waals surface area contributed by atoms with Gasteiger partial charge in [0, 0.05) is 12.0 Å². The molecule has 2 aromatic heterocycles. The molecule has 27 heavy (non-hydrogen) atoms. The van der Waals surface area contributed by atoms with Crippen LogP contribution in [0.2, 0.25) is 0 Å². The summed E-state index contributed by atoms with van der Waals surface area (Å²) in [6.45, 7) is 2.43. The summed E-state index contributed by atoms with van der Waals surface area (Å²) < 4.78 is 6.76. The molecule has 1 N–H and O–H groups in total. The molecule has 0 saturated heterocycles. The first-order valence-corrected chi connectivity index (χ1v) is 10.4. The number of carbonyl (C=O) groups excluding carboxylic acids is 1. The quantitative estimate of drug-likeness (QED) is 0.318. The van der Waals surface area contributed by atoms with E-state index >= 15 is 0 Å². The van der Waals surface area contributed by atoms with E-state index in [9.17, 15) is 14.4 Å². The molecule has 144 valence electrons. The molecule has 0 spiro atoms. The molecule has 2 fully saturated rings. The van der Waals surface area contributed by atoms with Crippen LogP contribution in [0.15, 0.2) is 14.6 Å². The van der Waals surface area contributed by atoms with Crippen LogP contribution in [-0.4, -0.2) is 37.8 Å². The van der Waals surface area contributed by atoms with Crippen LogP contribution in [0, 0.1) is 0 Å². The third kappa shape index (κ3) is 3.92. The average Bonchev–Trinajstić information content (AvgIpc) is 3.52. The van der Waals surface area contributed by atoms with Gasteiger partial charge in [-0.25, -0.2) is 14.8 Å². The Bertz CT molecular complexity index is 991. The molecule has 0 unspecified atom stereocenters. The van der Waals surface area contributed by atoms with E-state index < -0.39 is 11.2 Å². The third-order valence-electron chi connectivity index (χ3n) is 4.71. The Kier molecular flexibility index (Phi) is 5.03. The van der Waals surface area contributed by atoms with E-state index in [2.05, 4.69) is 15.0 Å². The number of thioether (sulfide) groups is 1. The average molecular weight is 390 g/mol. The minimum Gasteiger partial charge on any atom is -0.465 e. The first kappa shape index (κ1) is 18.2. The fourth-order valence-electron chi connectivity index (χ4n) is 2.93. The molecular weight excluding hydrogens is 368 g/mol. The van der Waals surface area contributed by atoms with Crippen molar-refractivity contribution in [1.82, 2.24) is 19.5 Å². The summed E-state index contributed by atoms with van der Waals surface area (Å²) >= 11 is 1.18. The van der Waals surface area contributed by atoms with Crippen molar-refractivity contribution in [1.29, 1.82) is 0 Å². The molecule has 2 aliphatic rings. The zero-order valence-electron chi connectivity index (χ0n) is 15.2. The molecule has 0 radical (unpaired) electrons. The van der Waals surface area contributed by atoms with E-state index in [4.69, 9.17) is 4.74 Å². The van der Waals surface area contributed by atoms with Crippen LogP contribution in [0.25, 0.3) is 11.0 Å². The number of carbonyl (C=O) groups is 1. The highest BCUT2D eigenvalue weighted by atomic mass is 32.2. The number of hydrogen-bond acceptors (Lipinski definition) is 7. The highest BCUT2D eigenvalue weighted by Gasteiger charge is 2.32. The largest absolute Gasteiger partial charge is 0.465 e. The Balaban J connectivity index is 1.70. The van der Waals surface area contributed by atoms with Crippen LogP contribution in [0.1, 0.15) is 63.2 Å². The number of ether oxygens (including phenoxy) is 1. The third-order valence-corrected chi connectivity index (χ3v) is 5.66. The smallest absolute Gasteiger partial charge is 0.330 e. The summed E-state index contributed by atoms with van der Waals surface area (Å²) in [5.41, 5.74) is -0.536. The normalized spacial score (nSPS) is 16.6. The van der Waals surface area contributed by atoms with Crippen molar-refractivity contribution in [3.05, 3.63) is 26.7 Å². The minimum atomic E-state index is -0.504. The van der Waals surface area contributed by atoms with Crippen LogP contribution in [0.3, 0.4) is 0 Å². The lowest BCUT2D eigenvalue weighted by Gasteiger charge is -2.11. The van der Waals surface area contributed by atoms with Gasteiger partial charge in [0.25, 0.3) is 5.56 Å². The number of aromatic nitrogens is 4. The molecule has 2 saturated carbocycles. The zero-order chi connectivity index (χ0) is 19.0. The van der Waals surface area contributed by atoms with Crippen LogP contribution < -0.4 is 11.2 Å². The molecule has 0 aromatic carbocycles. The molecule has 9 heteroatoms. The lowest BCUT2D eigenvalue weighted by Crippen LogP contribution is -2.31. The maximum Gasteiger partial charge on any atom is 0.330 e. The lowest BCUT2D eigenvalue weighted by atomic mass is 10.3. The highest BCUT2D eigenvalue weighted by molar-refractivity contribution is 8.00. The van der Waals surface area contributed by atoms with Crippen molar-refractivity contribution in [3.63, 3.8) is 0 Å². The molecule has 2 aliphatic carbocycles. The van der Waals surface area contributed by atoms with Gasteiger partial charge in [-0.2, -0.15) is 0 Å². The molecular formula is C18H22N4O4S. The Hall–Kier alpha value is -2.16. The molecule has 0 bridgehead atoms. The fraction of sp³-hybridized carbons (Fsp3) is 0.611. The summed E-state index contributed by atoms with van der Waals surface area (Å²) in [5.74, 6) is 0.665. The van der Waals surface area contributed by atoms with Gasteiger partial charge in [-0.1, -0.05) is 25.1 Å². The van der Waals surface area contributed by atoms with Crippen molar-refractivity contribution in [2.75, 3.05) is 12.4 Å². The van der Waals surface area contributed by atoms with Gasteiger partial charge < -0.3 is 4.74 Å². The van der Waals surface area contributed by atoms with Crippen LogP contribution in [0.4, 0.5) is 0 Å². The standard InChI is InChI=1S/C18H22N4O4S/c1-2-3-8-26-12(23)9-27-17-13-15(19-14(20-17)10-4-5-10)22(11-6-7-11)18(25)21-16(13)24/h10-11H,2-9H2,1H3,(H,21,24,25). The van der Waals surface area contributed by atoms with E-state index in [1.807, 2.05) is 6.92 Å². The number of unbranched alkanes of at least 4 members (excludes halogenated alkanes) is 1. The summed E-state index contributed by atoms with van der Waals surface area (Å²) in [7, 11) is 0. The Morgan fingerprint density at radius 3 is 2.70 bits per heavy atom. The number of hydrogen-bond donors (Lipinski definition) is 1. The Labute approximate surface area is 159 Å². The van der Waals surface area contributed by atoms with Crippen molar-refractivity contribution >= 4 is 28.8 Å². The summed E-state index contributed by atoms with van der Waals surface area (Å²) in [6, 6.07) is 0.0793. The Morgan fingerprint density at radius 1 is 1.26 bits per heavy atom. The van der Waals surface area contributed by atoms with E-state index in [0.29, 0.717) is 23.1 Å². The predicted molar refractivity (Wildman–Crippen MR) is 101 cm³/mol. The second-order valence-corrected chi connectivity index (χ2v) is 8.05. The molecule has 0 amide bonds. The monoisotopic (exact) mass is 390 g/mol. The van der Waals surface area contributed by atoms with E-state index in [1.165, 1.54) is 11.8 Å². The maximum atomic E-state index is 12.5. The number of fused-ring (bicyclic) bond motifs is 1. The van der Waals surface area contributed by atoms with Crippen LogP contribution >= 0.6 is 11.8 Å². The molecule has 4 rings (SSSR count). The summed E-state index contributed by atoms with van der Waals surface area (Å²) in [4.78, 5) is 48.3. The van der Waals surface area contributed by atoms with Crippen LogP contribution in [-0.2, 0) is 9.53 Å². The predicted octanol–water partition coefficient (Wildman–Crippen LogP) is 2.13. The zero-order valence-corrected chi connectivity index (χ0v) is 16.0. The van der Waals surface area contributed by atoms with Gasteiger partial charge in [0.2, 0.25) is 0 Å². The number of H-pyrrole nitrogens is 1. The number of nitrogens with zero attached hydrogens (tertiary/aromatic N) is 3. The first-order valence-electron chi connectivity index (χ1n) is 9.43. The molecule has 2 heterocycles. The van der Waals surface area contributed by atoms with Crippen molar-refractivity contribution in [2.45, 2.75) is 62.4 Å². The first-order chi connectivity index (χ1) is 13.1. The van der Waals surface area contributed by atoms with Gasteiger partial charge in [0.05, 0.1) is 12.4 Å². The second kappa shape index (κ2) is 7.46. The summed E-state index contributed by atoms with van der Waals surface area (Å²) in [5, 5.41) is 0.738. The van der Waals surface area contributed by atoms with Gasteiger partial charge >= 0.3 is 11.7 Å². The van der Waals surface area contributed by atoms with Crippen LogP contribution in [0.5, 0.6) is 0 Å². The van der Waals surface area contributed by atoms with Gasteiger partial charge in [0.1, 0.15) is 16.2 Å². The number of esters is 1. The molecule has 2 aromatic rings. The number of nitrogens with one attached hydrogen (secondary N) is 1. The van der Waals surface area contributed by atoms with E-state index in [0.717, 1.165) is 38.5 Å². The SMILES string of the molecule is CCCCOC(=O)CSc1nc(C2CC2)nc2c1c(=O)[nH]c(=O)n2C1CC1. The van der Waals surface area contributed by atoms with Gasteiger partial charge in [-0.05, 0) is 32.1 Å². The van der Waals surface area contributed by atoms with Crippen molar-refractivity contribution in [2.24, 2.45) is 0 Å². The molecule has 0 aliphatic heterocycles. The molecule has 0 atom stereocenters. The lowest BCUT2D eigenvalue weighted by molar-refractivity contribution is -0.140. The number of rotatable bonds is 8. The van der Waals surface area contributed by atoms with E-state index in [1.54, 1.807) is 4.57 Å². The fourth-order valence-corrected chi connectivity index (χ4v) is 3.76. The topological polar surface area (TPSA) is 107 Å². The van der Waals surface area contributed by atoms with Gasteiger partial charge in [0.15, 0.2) is 5.65 Å². The van der Waals surface area contributed by atoms with Crippen molar-refractivity contribution in [3.8, 4) is 0 Å².